The molecule has 1 heterocycles. The van der Waals surface area contributed by atoms with Gasteiger partial charge in [-0.1, -0.05) is 0 Å². The summed E-state index contributed by atoms with van der Waals surface area (Å²) in [6, 6.07) is 3.72. The molecule has 21 heavy (non-hydrogen) atoms. The van der Waals surface area contributed by atoms with Crippen LogP contribution in [-0.4, -0.2) is 31.9 Å². The van der Waals surface area contributed by atoms with E-state index in [1.807, 2.05) is 0 Å². The Bertz CT molecular complexity index is 767. The predicted molar refractivity (Wildman–Crippen MR) is 73.2 cm³/mol. The largest absolute Gasteiger partial charge is 0.478 e. The molecule has 0 amide bonds. The molecule has 0 radical (unpaired) electrons. The third kappa shape index (κ3) is 2.47. The van der Waals surface area contributed by atoms with E-state index >= 15 is 0 Å². The van der Waals surface area contributed by atoms with Crippen LogP contribution in [0.5, 0.6) is 0 Å². The number of aromatic carboxylic acids is 2. The Morgan fingerprint density at radius 3 is 2.05 bits per heavy atom. The second-order valence-corrected chi connectivity index (χ2v) is 4.42. The predicted octanol–water partition coefficient (Wildman–Crippen LogP) is 2.44. The first-order valence-corrected chi connectivity index (χ1v) is 5.91. The van der Waals surface area contributed by atoms with E-state index in [-0.39, 0.29) is 11.1 Å². The molecule has 0 spiro atoms. The molecule has 0 aliphatic rings. The molecular formula is C14H11N3O4. The highest BCUT2D eigenvalue weighted by Crippen LogP contribution is 2.26. The summed E-state index contributed by atoms with van der Waals surface area (Å²) >= 11 is 0. The van der Waals surface area contributed by atoms with Crippen LogP contribution in [0.4, 0.5) is 5.69 Å². The molecule has 1 aromatic heterocycles. The third-order valence-corrected chi connectivity index (χ3v) is 3.02. The number of rotatable bonds is 3. The topological polar surface area (TPSA) is 96.8 Å². The van der Waals surface area contributed by atoms with Gasteiger partial charge in [0, 0.05) is 5.69 Å². The van der Waals surface area contributed by atoms with Crippen LogP contribution in [0.15, 0.2) is 18.2 Å². The van der Waals surface area contributed by atoms with Gasteiger partial charge in [-0.2, -0.15) is 5.10 Å². The number of hydrogen-bond acceptors (Lipinski definition) is 3. The lowest BCUT2D eigenvalue weighted by molar-refractivity contribution is 0.0696. The number of nitrogens with zero attached hydrogens (tertiary/aromatic N) is 3. The zero-order chi connectivity index (χ0) is 15.7. The lowest BCUT2D eigenvalue weighted by atomic mass is 10.1. The molecule has 0 bridgehead atoms. The monoisotopic (exact) mass is 285 g/mol. The summed E-state index contributed by atoms with van der Waals surface area (Å²) in [6.45, 7) is 10.4. The summed E-state index contributed by atoms with van der Waals surface area (Å²) < 4.78 is 1.38. The van der Waals surface area contributed by atoms with Crippen LogP contribution in [0, 0.1) is 20.4 Å². The van der Waals surface area contributed by atoms with Crippen LogP contribution in [0.2, 0.25) is 0 Å². The standard InChI is InChI=1S/C14H11N3O4/c1-7-12(15-3)8(2)17(16-7)11-5-9(13(18)19)4-10(6-11)14(20)21/h4-6H,1-2H3,(H,18,19)(H,20,21). The Hall–Kier alpha value is -3.14. The van der Waals surface area contributed by atoms with Crippen LogP contribution in [0.25, 0.3) is 10.5 Å². The van der Waals surface area contributed by atoms with E-state index < -0.39 is 11.9 Å². The first-order chi connectivity index (χ1) is 9.85. The fourth-order valence-electron chi connectivity index (χ4n) is 2.03. The highest BCUT2D eigenvalue weighted by molar-refractivity contribution is 5.94. The normalized spacial score (nSPS) is 10.1. The SMILES string of the molecule is [C-]#[N+]c1c(C)nn(-c2cc(C(=O)O)cc(C(=O)O)c2)c1C. The minimum Gasteiger partial charge on any atom is -0.478 e. The van der Waals surface area contributed by atoms with Gasteiger partial charge in [-0.05, 0) is 32.0 Å². The average molecular weight is 285 g/mol. The van der Waals surface area contributed by atoms with Gasteiger partial charge < -0.3 is 10.2 Å². The van der Waals surface area contributed by atoms with Crippen LogP contribution in [0.1, 0.15) is 32.1 Å². The molecule has 0 atom stereocenters. The summed E-state index contributed by atoms with van der Waals surface area (Å²) in [4.78, 5) is 25.6. The number of carboxylic acid groups (broad SMARTS) is 2. The fraction of sp³-hybridized carbons (Fsp3) is 0.143. The second kappa shape index (κ2) is 5.09. The molecule has 0 aliphatic heterocycles. The minimum absolute atomic E-state index is 0.151. The maximum Gasteiger partial charge on any atom is 0.335 e. The van der Waals surface area contributed by atoms with Crippen LogP contribution < -0.4 is 0 Å². The third-order valence-electron chi connectivity index (χ3n) is 3.02. The molecular weight excluding hydrogens is 274 g/mol. The molecule has 0 saturated carbocycles. The molecule has 0 fully saturated rings. The summed E-state index contributed by atoms with van der Waals surface area (Å²) in [5.41, 5.74) is 1.39. The van der Waals surface area contributed by atoms with E-state index in [1.165, 1.54) is 16.8 Å². The Kier molecular flexibility index (Phi) is 3.46. The Balaban J connectivity index is 2.72. The van der Waals surface area contributed by atoms with Crippen LogP contribution >= 0.6 is 0 Å². The van der Waals surface area contributed by atoms with E-state index in [0.29, 0.717) is 22.8 Å². The first-order valence-electron chi connectivity index (χ1n) is 5.91. The fourth-order valence-corrected chi connectivity index (χ4v) is 2.03. The van der Waals surface area contributed by atoms with Crippen LogP contribution in [0.3, 0.4) is 0 Å². The highest BCUT2D eigenvalue weighted by Gasteiger charge is 2.17. The Labute approximate surface area is 119 Å². The summed E-state index contributed by atoms with van der Waals surface area (Å²) in [5, 5.41) is 22.3. The van der Waals surface area contributed by atoms with Crippen molar-refractivity contribution in [2.45, 2.75) is 13.8 Å². The van der Waals surface area contributed by atoms with Gasteiger partial charge in [0.15, 0.2) is 0 Å². The van der Waals surface area contributed by atoms with Gasteiger partial charge in [0.1, 0.15) is 0 Å². The molecule has 1 aromatic carbocycles. The van der Waals surface area contributed by atoms with Gasteiger partial charge >= 0.3 is 11.9 Å². The van der Waals surface area contributed by atoms with Crippen molar-refractivity contribution in [3.63, 3.8) is 0 Å². The van der Waals surface area contributed by atoms with Gasteiger partial charge in [0.2, 0.25) is 5.69 Å². The second-order valence-electron chi connectivity index (χ2n) is 4.42. The van der Waals surface area contributed by atoms with Gasteiger partial charge in [0.05, 0.1) is 29.1 Å². The molecule has 0 unspecified atom stereocenters. The van der Waals surface area contributed by atoms with Gasteiger partial charge in [-0.25, -0.2) is 19.1 Å². The van der Waals surface area contributed by atoms with Gasteiger partial charge in [-0.3, -0.25) is 0 Å². The van der Waals surface area contributed by atoms with Crippen molar-refractivity contribution < 1.29 is 19.8 Å². The summed E-state index contributed by atoms with van der Waals surface area (Å²) in [6.07, 6.45) is 0. The van der Waals surface area contributed by atoms with E-state index in [4.69, 9.17) is 16.8 Å². The zero-order valence-corrected chi connectivity index (χ0v) is 11.3. The molecule has 2 aromatic rings. The van der Waals surface area contributed by atoms with Crippen LogP contribution in [-0.2, 0) is 0 Å². The summed E-state index contributed by atoms with van der Waals surface area (Å²) in [7, 11) is 0. The molecule has 106 valence electrons. The Morgan fingerprint density at radius 1 is 1.14 bits per heavy atom. The van der Waals surface area contributed by atoms with Crippen molar-refractivity contribution in [1.82, 2.24) is 9.78 Å². The quantitative estimate of drug-likeness (QED) is 0.844. The minimum atomic E-state index is -1.23. The maximum absolute atomic E-state index is 11.1. The number of aromatic nitrogens is 2. The number of hydrogen-bond donors (Lipinski definition) is 2. The van der Waals surface area contributed by atoms with Gasteiger partial charge in [0.25, 0.3) is 0 Å². The van der Waals surface area contributed by atoms with Gasteiger partial charge in [-0.15, -0.1) is 0 Å². The van der Waals surface area contributed by atoms with E-state index in [1.54, 1.807) is 13.8 Å². The Morgan fingerprint density at radius 2 is 1.67 bits per heavy atom. The smallest absolute Gasteiger partial charge is 0.335 e. The maximum atomic E-state index is 11.1. The molecule has 0 saturated heterocycles. The van der Waals surface area contributed by atoms with E-state index in [2.05, 4.69) is 9.94 Å². The van der Waals surface area contributed by atoms with E-state index in [9.17, 15) is 9.59 Å². The van der Waals surface area contributed by atoms with Crippen molar-refractivity contribution in [3.05, 3.63) is 52.1 Å². The van der Waals surface area contributed by atoms with Crippen molar-refractivity contribution in [2.75, 3.05) is 0 Å². The molecule has 7 nitrogen and oxygen atoms in total. The molecule has 2 N–H and O–H groups in total. The highest BCUT2D eigenvalue weighted by atomic mass is 16.4. The van der Waals surface area contributed by atoms with Crippen molar-refractivity contribution >= 4 is 17.6 Å². The number of carboxylic acids is 2. The summed E-state index contributed by atoms with van der Waals surface area (Å²) in [5.74, 6) is -2.46. The molecule has 0 aliphatic carbocycles. The van der Waals surface area contributed by atoms with Crippen molar-refractivity contribution in [2.24, 2.45) is 0 Å². The number of aryl methyl sites for hydroxylation is 1. The molecule has 2 rings (SSSR count). The van der Waals surface area contributed by atoms with Crippen molar-refractivity contribution in [1.29, 1.82) is 0 Å². The lowest BCUT2D eigenvalue weighted by Crippen LogP contribution is -2.07. The average Bonchev–Trinajstić information content (AvgIpc) is 2.72. The molecule has 7 heteroatoms. The number of benzene rings is 1. The number of carbonyl (C=O) groups is 2. The van der Waals surface area contributed by atoms with E-state index in [0.717, 1.165) is 6.07 Å². The lowest BCUT2D eigenvalue weighted by Gasteiger charge is -2.08. The first kappa shape index (κ1) is 14.3. The van der Waals surface area contributed by atoms with Crippen molar-refractivity contribution in [3.8, 4) is 5.69 Å². The zero-order valence-electron chi connectivity index (χ0n) is 11.3.